The zero-order valence-corrected chi connectivity index (χ0v) is 11.8. The van der Waals surface area contributed by atoms with Crippen LogP contribution in [0.3, 0.4) is 0 Å². The molecule has 0 radical (unpaired) electrons. The molecule has 5 heteroatoms. The van der Waals surface area contributed by atoms with Gasteiger partial charge in [0.2, 0.25) is 0 Å². The highest BCUT2D eigenvalue weighted by Gasteiger charge is 2.24. The van der Waals surface area contributed by atoms with Crippen LogP contribution in [0.15, 0.2) is 23.1 Å². The fourth-order valence-corrected chi connectivity index (χ4v) is 2.50. The van der Waals surface area contributed by atoms with E-state index >= 15 is 0 Å². The molecule has 1 aliphatic heterocycles. The second-order valence-corrected chi connectivity index (χ2v) is 5.09. The van der Waals surface area contributed by atoms with Crippen molar-refractivity contribution in [1.29, 1.82) is 0 Å². The van der Waals surface area contributed by atoms with Crippen LogP contribution in [-0.4, -0.2) is 36.6 Å². The van der Waals surface area contributed by atoms with Gasteiger partial charge in [-0.2, -0.15) is 0 Å². The standard InChI is InChI=1S/C14H18FNO2S/c1-2-18-11-5-7-16(8-6-11)14(17)10-3-4-12(15)13(19)9-10/h3-4,9,11,19H,2,5-8H2,1H3. The number of nitrogens with zero attached hydrogens (tertiary/aromatic N) is 1. The Morgan fingerprint density at radius 1 is 1.47 bits per heavy atom. The van der Waals surface area contributed by atoms with Crippen LogP contribution in [0.4, 0.5) is 4.39 Å². The van der Waals surface area contributed by atoms with E-state index in [2.05, 4.69) is 12.6 Å². The second kappa shape index (κ2) is 6.39. The molecular formula is C14H18FNO2S. The number of hydrogen-bond acceptors (Lipinski definition) is 3. The van der Waals surface area contributed by atoms with Gasteiger partial charge in [0.25, 0.3) is 5.91 Å². The van der Waals surface area contributed by atoms with E-state index in [4.69, 9.17) is 4.74 Å². The first-order chi connectivity index (χ1) is 9.11. The highest BCUT2D eigenvalue weighted by molar-refractivity contribution is 7.80. The smallest absolute Gasteiger partial charge is 0.253 e. The summed E-state index contributed by atoms with van der Waals surface area (Å²) in [6.45, 7) is 4.05. The fourth-order valence-electron chi connectivity index (χ4n) is 2.29. The van der Waals surface area contributed by atoms with E-state index in [-0.39, 0.29) is 16.9 Å². The molecule has 2 rings (SSSR count). The summed E-state index contributed by atoms with van der Waals surface area (Å²) in [7, 11) is 0. The van der Waals surface area contributed by atoms with Gasteiger partial charge < -0.3 is 9.64 Å². The van der Waals surface area contributed by atoms with E-state index in [9.17, 15) is 9.18 Å². The second-order valence-electron chi connectivity index (χ2n) is 4.61. The molecule has 1 aromatic carbocycles. The van der Waals surface area contributed by atoms with Crippen LogP contribution in [0, 0.1) is 5.82 Å². The first-order valence-electron chi connectivity index (χ1n) is 6.51. The number of hydrogen-bond donors (Lipinski definition) is 1. The summed E-state index contributed by atoms with van der Waals surface area (Å²) in [5.41, 5.74) is 0.487. The summed E-state index contributed by atoms with van der Waals surface area (Å²) >= 11 is 4.00. The lowest BCUT2D eigenvalue weighted by Crippen LogP contribution is -2.40. The van der Waals surface area contributed by atoms with Crippen LogP contribution < -0.4 is 0 Å². The molecule has 1 heterocycles. The average molecular weight is 283 g/mol. The number of carbonyl (C=O) groups is 1. The van der Waals surface area contributed by atoms with E-state index in [0.29, 0.717) is 25.3 Å². The van der Waals surface area contributed by atoms with Gasteiger partial charge in [-0.05, 0) is 38.0 Å². The Kier molecular flexibility index (Phi) is 4.82. The maximum atomic E-state index is 13.1. The molecule has 0 aliphatic carbocycles. The van der Waals surface area contributed by atoms with Gasteiger partial charge in [0.15, 0.2) is 0 Å². The van der Waals surface area contributed by atoms with Crippen molar-refractivity contribution in [2.45, 2.75) is 30.8 Å². The summed E-state index contributed by atoms with van der Waals surface area (Å²) in [5, 5.41) is 0. The van der Waals surface area contributed by atoms with Gasteiger partial charge in [0.1, 0.15) is 5.82 Å². The Labute approximate surface area is 118 Å². The third kappa shape index (κ3) is 3.48. The Morgan fingerprint density at radius 2 is 2.16 bits per heavy atom. The number of likely N-dealkylation sites (tertiary alicyclic amines) is 1. The van der Waals surface area contributed by atoms with Crippen LogP contribution >= 0.6 is 12.6 Å². The van der Waals surface area contributed by atoms with Crippen LogP contribution in [0.5, 0.6) is 0 Å². The van der Waals surface area contributed by atoms with Crippen molar-refractivity contribution in [3.8, 4) is 0 Å². The molecule has 0 saturated carbocycles. The normalized spacial score (nSPS) is 16.7. The van der Waals surface area contributed by atoms with Crippen molar-refractivity contribution >= 4 is 18.5 Å². The molecule has 1 amide bonds. The number of halogens is 1. The van der Waals surface area contributed by atoms with Crippen molar-refractivity contribution in [1.82, 2.24) is 4.90 Å². The summed E-state index contributed by atoms with van der Waals surface area (Å²) in [6.07, 6.45) is 1.96. The highest BCUT2D eigenvalue weighted by atomic mass is 32.1. The van der Waals surface area contributed by atoms with E-state index in [0.717, 1.165) is 12.8 Å². The van der Waals surface area contributed by atoms with E-state index in [1.165, 1.54) is 18.2 Å². The molecule has 0 N–H and O–H groups in total. The van der Waals surface area contributed by atoms with Gasteiger partial charge in [-0.25, -0.2) is 4.39 Å². The predicted octanol–water partition coefficient (Wildman–Crippen LogP) is 2.76. The summed E-state index contributed by atoms with van der Waals surface area (Å²) in [6, 6.07) is 4.27. The van der Waals surface area contributed by atoms with Gasteiger partial charge in [0.05, 0.1) is 6.10 Å². The van der Waals surface area contributed by atoms with Crippen LogP contribution in [0.1, 0.15) is 30.1 Å². The molecule has 1 aliphatic rings. The van der Waals surface area contributed by atoms with Crippen molar-refractivity contribution in [2.75, 3.05) is 19.7 Å². The Balaban J connectivity index is 1.99. The molecule has 104 valence electrons. The molecule has 1 saturated heterocycles. The minimum Gasteiger partial charge on any atom is -0.378 e. The SMILES string of the molecule is CCOC1CCN(C(=O)c2ccc(F)c(S)c2)CC1. The quantitative estimate of drug-likeness (QED) is 0.864. The highest BCUT2D eigenvalue weighted by Crippen LogP contribution is 2.19. The monoisotopic (exact) mass is 283 g/mol. The van der Waals surface area contributed by atoms with Crippen LogP contribution in [0.2, 0.25) is 0 Å². The molecular weight excluding hydrogens is 265 g/mol. The van der Waals surface area contributed by atoms with Gasteiger partial charge >= 0.3 is 0 Å². The van der Waals surface area contributed by atoms with Gasteiger partial charge in [0, 0.05) is 30.2 Å². The number of carbonyl (C=O) groups excluding carboxylic acids is 1. The number of amides is 1. The van der Waals surface area contributed by atoms with Crippen molar-refractivity contribution in [2.24, 2.45) is 0 Å². The fraction of sp³-hybridized carbons (Fsp3) is 0.500. The molecule has 0 aromatic heterocycles. The maximum absolute atomic E-state index is 13.1. The zero-order chi connectivity index (χ0) is 13.8. The molecule has 19 heavy (non-hydrogen) atoms. The van der Waals surface area contributed by atoms with E-state index in [1.54, 1.807) is 4.90 Å². The third-order valence-corrected chi connectivity index (χ3v) is 3.67. The number of benzene rings is 1. The minimum absolute atomic E-state index is 0.0646. The third-order valence-electron chi connectivity index (χ3n) is 3.32. The van der Waals surface area contributed by atoms with Gasteiger partial charge in [-0.3, -0.25) is 4.79 Å². The number of piperidine rings is 1. The molecule has 0 unspecified atom stereocenters. The maximum Gasteiger partial charge on any atom is 0.253 e. The topological polar surface area (TPSA) is 29.5 Å². The Morgan fingerprint density at radius 3 is 2.74 bits per heavy atom. The number of thiol groups is 1. The number of rotatable bonds is 3. The largest absolute Gasteiger partial charge is 0.378 e. The molecule has 1 aromatic rings. The van der Waals surface area contributed by atoms with Crippen molar-refractivity contribution in [3.05, 3.63) is 29.6 Å². The summed E-state index contributed by atoms with van der Waals surface area (Å²) < 4.78 is 18.7. The van der Waals surface area contributed by atoms with Gasteiger partial charge in [-0.15, -0.1) is 12.6 Å². The molecule has 0 bridgehead atoms. The minimum atomic E-state index is -0.407. The Hall–Kier alpha value is -1.07. The van der Waals surface area contributed by atoms with Crippen LogP contribution in [-0.2, 0) is 4.74 Å². The lowest BCUT2D eigenvalue weighted by molar-refractivity contribution is 0.0146. The zero-order valence-electron chi connectivity index (χ0n) is 10.9. The van der Waals surface area contributed by atoms with Crippen molar-refractivity contribution < 1.29 is 13.9 Å². The van der Waals surface area contributed by atoms with Crippen LogP contribution in [0.25, 0.3) is 0 Å². The Bertz CT molecular complexity index is 459. The molecule has 1 fully saturated rings. The summed E-state index contributed by atoms with van der Waals surface area (Å²) in [5.74, 6) is -0.472. The first-order valence-corrected chi connectivity index (χ1v) is 6.96. The molecule has 3 nitrogen and oxygen atoms in total. The van der Waals surface area contributed by atoms with Crippen molar-refractivity contribution in [3.63, 3.8) is 0 Å². The van der Waals surface area contributed by atoms with E-state index < -0.39 is 5.82 Å². The van der Waals surface area contributed by atoms with E-state index in [1.807, 2.05) is 6.92 Å². The van der Waals surface area contributed by atoms with Gasteiger partial charge in [-0.1, -0.05) is 0 Å². The lowest BCUT2D eigenvalue weighted by Gasteiger charge is -2.31. The molecule has 0 spiro atoms. The average Bonchev–Trinajstić information content (AvgIpc) is 2.42. The number of ether oxygens (including phenoxy) is 1. The lowest BCUT2D eigenvalue weighted by atomic mass is 10.1. The summed E-state index contributed by atoms with van der Waals surface area (Å²) in [4.78, 5) is 14.2. The molecule has 0 atom stereocenters. The predicted molar refractivity (Wildman–Crippen MR) is 74.2 cm³/mol. The first kappa shape index (κ1) is 14.3.